The van der Waals surface area contributed by atoms with Crippen molar-refractivity contribution in [1.82, 2.24) is 4.57 Å². The summed E-state index contributed by atoms with van der Waals surface area (Å²) in [6.45, 7) is 9.61. The number of benzene rings is 1. The largest absolute Gasteiger partial charge is 0.478 e. The van der Waals surface area contributed by atoms with E-state index in [1.807, 2.05) is 6.07 Å². The van der Waals surface area contributed by atoms with Crippen LogP contribution in [0.4, 0.5) is 0 Å². The molecular formula is C16H21NO2. The van der Waals surface area contributed by atoms with E-state index in [0.29, 0.717) is 17.4 Å². The summed E-state index contributed by atoms with van der Waals surface area (Å²) in [5.41, 5.74) is 2.71. The molecule has 19 heavy (non-hydrogen) atoms. The fraction of sp³-hybridized carbons (Fsp3) is 0.438. The molecule has 0 amide bonds. The highest BCUT2D eigenvalue weighted by molar-refractivity contribution is 5.95. The number of carbonyl (C=O) groups is 1. The third kappa shape index (κ3) is 2.65. The number of rotatable bonds is 4. The molecule has 0 atom stereocenters. The van der Waals surface area contributed by atoms with E-state index in [4.69, 9.17) is 5.11 Å². The van der Waals surface area contributed by atoms with Gasteiger partial charge in [0.25, 0.3) is 0 Å². The van der Waals surface area contributed by atoms with Crippen molar-refractivity contribution in [1.29, 1.82) is 0 Å². The van der Waals surface area contributed by atoms with Gasteiger partial charge >= 0.3 is 5.97 Å². The molecule has 0 aliphatic heterocycles. The monoisotopic (exact) mass is 259 g/mol. The molecule has 0 radical (unpaired) electrons. The maximum Gasteiger partial charge on any atom is 0.335 e. The Labute approximate surface area is 113 Å². The first kappa shape index (κ1) is 13.7. The molecule has 3 heteroatoms. The molecule has 0 bridgehead atoms. The lowest BCUT2D eigenvalue weighted by Gasteiger charge is -2.08. The van der Waals surface area contributed by atoms with Crippen molar-refractivity contribution >= 4 is 16.9 Å². The summed E-state index contributed by atoms with van der Waals surface area (Å²) in [7, 11) is 0. The van der Waals surface area contributed by atoms with E-state index in [1.54, 1.807) is 12.1 Å². The predicted octanol–water partition coefficient (Wildman–Crippen LogP) is 4.12. The molecule has 0 saturated heterocycles. The van der Waals surface area contributed by atoms with E-state index < -0.39 is 5.97 Å². The summed E-state index contributed by atoms with van der Waals surface area (Å²) in [6.07, 6.45) is 2.17. The number of carboxylic acid groups (broad SMARTS) is 1. The molecule has 3 nitrogen and oxygen atoms in total. The van der Waals surface area contributed by atoms with Crippen LogP contribution in [-0.4, -0.2) is 15.6 Å². The Morgan fingerprint density at radius 2 is 1.95 bits per heavy atom. The molecule has 2 aromatic rings. The molecule has 102 valence electrons. The third-order valence-corrected chi connectivity index (χ3v) is 3.34. The van der Waals surface area contributed by atoms with Crippen LogP contribution >= 0.6 is 0 Å². The average molecular weight is 259 g/mol. The number of hydrogen-bond acceptors (Lipinski definition) is 1. The summed E-state index contributed by atoms with van der Waals surface area (Å²) in [4.78, 5) is 11.1. The van der Waals surface area contributed by atoms with Crippen LogP contribution in [0.2, 0.25) is 0 Å². The van der Waals surface area contributed by atoms with E-state index >= 15 is 0 Å². The molecule has 1 N–H and O–H groups in total. The first-order chi connectivity index (χ1) is 8.90. The van der Waals surface area contributed by atoms with E-state index in [9.17, 15) is 4.79 Å². The summed E-state index contributed by atoms with van der Waals surface area (Å²) in [6, 6.07) is 5.41. The zero-order valence-corrected chi connectivity index (χ0v) is 12.0. The fourth-order valence-electron chi connectivity index (χ4n) is 2.46. The summed E-state index contributed by atoms with van der Waals surface area (Å²) in [5.74, 6) is 0.0861. The molecule has 0 aliphatic carbocycles. The minimum absolute atomic E-state index is 0.358. The van der Waals surface area contributed by atoms with Crippen molar-refractivity contribution in [2.24, 2.45) is 5.92 Å². The number of aromatic carboxylic acids is 1. The van der Waals surface area contributed by atoms with Crippen LogP contribution in [0.15, 0.2) is 24.4 Å². The summed E-state index contributed by atoms with van der Waals surface area (Å²) < 4.78 is 2.24. The molecule has 2 rings (SSSR count). The Balaban J connectivity index is 2.64. The highest BCUT2D eigenvalue weighted by Gasteiger charge is 2.14. The zero-order valence-electron chi connectivity index (χ0n) is 12.0. The molecule has 1 aromatic carbocycles. The molecular weight excluding hydrogens is 238 g/mol. The SMILES string of the molecule is CC(C)Cn1cc(C(C)C)c2cc(C(=O)O)ccc21. The Morgan fingerprint density at radius 1 is 1.26 bits per heavy atom. The van der Waals surface area contributed by atoms with Gasteiger partial charge in [-0.3, -0.25) is 0 Å². The smallest absolute Gasteiger partial charge is 0.335 e. The van der Waals surface area contributed by atoms with Gasteiger partial charge in [-0.2, -0.15) is 0 Å². The van der Waals surface area contributed by atoms with Crippen LogP contribution < -0.4 is 0 Å². The van der Waals surface area contributed by atoms with Gasteiger partial charge < -0.3 is 9.67 Å². The number of hydrogen-bond donors (Lipinski definition) is 1. The lowest BCUT2D eigenvalue weighted by Crippen LogP contribution is -2.03. The topological polar surface area (TPSA) is 42.2 Å². The van der Waals surface area contributed by atoms with Crippen molar-refractivity contribution in [3.05, 3.63) is 35.5 Å². The Bertz CT molecular complexity index is 608. The van der Waals surface area contributed by atoms with Crippen molar-refractivity contribution in [2.45, 2.75) is 40.2 Å². The highest BCUT2D eigenvalue weighted by Crippen LogP contribution is 2.29. The standard InChI is InChI=1S/C16H21NO2/c1-10(2)8-17-9-14(11(3)4)13-7-12(16(18)19)5-6-15(13)17/h5-7,9-11H,8H2,1-4H3,(H,18,19). The summed E-state index contributed by atoms with van der Waals surface area (Å²) in [5, 5.41) is 10.2. The molecule has 0 fully saturated rings. The van der Waals surface area contributed by atoms with Crippen LogP contribution in [0, 0.1) is 5.92 Å². The van der Waals surface area contributed by atoms with Crippen molar-refractivity contribution in [2.75, 3.05) is 0 Å². The number of carboxylic acids is 1. The first-order valence-corrected chi connectivity index (χ1v) is 6.76. The number of fused-ring (bicyclic) bond motifs is 1. The maximum absolute atomic E-state index is 11.1. The second-order valence-corrected chi connectivity index (χ2v) is 5.82. The van der Waals surface area contributed by atoms with Crippen molar-refractivity contribution in [3.8, 4) is 0 Å². The van der Waals surface area contributed by atoms with Crippen LogP contribution in [0.3, 0.4) is 0 Å². The zero-order chi connectivity index (χ0) is 14.2. The molecule has 0 spiro atoms. The van der Waals surface area contributed by atoms with Crippen LogP contribution in [0.5, 0.6) is 0 Å². The van der Waals surface area contributed by atoms with Crippen molar-refractivity contribution < 1.29 is 9.90 Å². The van der Waals surface area contributed by atoms with E-state index in [-0.39, 0.29) is 0 Å². The van der Waals surface area contributed by atoms with E-state index in [2.05, 4.69) is 38.5 Å². The van der Waals surface area contributed by atoms with Gasteiger partial charge in [-0.05, 0) is 35.6 Å². The van der Waals surface area contributed by atoms with Gasteiger partial charge in [-0.15, -0.1) is 0 Å². The third-order valence-electron chi connectivity index (χ3n) is 3.34. The molecule has 0 saturated carbocycles. The Morgan fingerprint density at radius 3 is 2.47 bits per heavy atom. The van der Waals surface area contributed by atoms with Gasteiger partial charge in [-0.25, -0.2) is 4.79 Å². The number of nitrogens with zero attached hydrogens (tertiary/aromatic N) is 1. The van der Waals surface area contributed by atoms with E-state index in [1.165, 1.54) is 5.56 Å². The van der Waals surface area contributed by atoms with Crippen LogP contribution in [0.25, 0.3) is 10.9 Å². The van der Waals surface area contributed by atoms with Crippen LogP contribution in [-0.2, 0) is 6.54 Å². The van der Waals surface area contributed by atoms with Gasteiger partial charge in [0, 0.05) is 23.6 Å². The minimum Gasteiger partial charge on any atom is -0.478 e. The van der Waals surface area contributed by atoms with Gasteiger partial charge in [0.15, 0.2) is 0 Å². The highest BCUT2D eigenvalue weighted by atomic mass is 16.4. The Hall–Kier alpha value is -1.77. The summed E-state index contributed by atoms with van der Waals surface area (Å²) >= 11 is 0. The molecule has 0 unspecified atom stereocenters. The lowest BCUT2D eigenvalue weighted by molar-refractivity contribution is 0.0697. The second kappa shape index (κ2) is 5.08. The quantitative estimate of drug-likeness (QED) is 0.897. The normalized spacial score (nSPS) is 11.7. The van der Waals surface area contributed by atoms with Gasteiger partial charge in [0.05, 0.1) is 5.56 Å². The van der Waals surface area contributed by atoms with Gasteiger partial charge in [0.1, 0.15) is 0 Å². The Kier molecular flexibility index (Phi) is 3.65. The first-order valence-electron chi connectivity index (χ1n) is 6.76. The average Bonchev–Trinajstić information content (AvgIpc) is 2.66. The van der Waals surface area contributed by atoms with Crippen LogP contribution in [0.1, 0.15) is 49.5 Å². The van der Waals surface area contributed by atoms with E-state index in [0.717, 1.165) is 17.4 Å². The number of aromatic nitrogens is 1. The lowest BCUT2D eigenvalue weighted by atomic mass is 10.0. The second-order valence-electron chi connectivity index (χ2n) is 5.82. The predicted molar refractivity (Wildman–Crippen MR) is 77.8 cm³/mol. The molecule has 0 aliphatic rings. The van der Waals surface area contributed by atoms with Gasteiger partial charge in [-0.1, -0.05) is 27.7 Å². The van der Waals surface area contributed by atoms with Crippen molar-refractivity contribution in [3.63, 3.8) is 0 Å². The molecule has 1 heterocycles. The minimum atomic E-state index is -0.867. The van der Waals surface area contributed by atoms with Gasteiger partial charge in [0.2, 0.25) is 0 Å². The fourth-order valence-corrected chi connectivity index (χ4v) is 2.46. The maximum atomic E-state index is 11.1. The molecule has 1 aromatic heterocycles.